The van der Waals surface area contributed by atoms with E-state index in [2.05, 4.69) is 20.5 Å². The van der Waals surface area contributed by atoms with E-state index >= 15 is 0 Å². The van der Waals surface area contributed by atoms with Gasteiger partial charge in [0.1, 0.15) is 6.33 Å². The Labute approximate surface area is 202 Å². The maximum Gasteiger partial charge on any atom is 0.233 e. The molecular weight excluding hydrogens is 442 g/mol. The maximum absolute atomic E-state index is 5.46. The van der Waals surface area contributed by atoms with Gasteiger partial charge in [-0.3, -0.25) is 14.8 Å². The summed E-state index contributed by atoms with van der Waals surface area (Å²) >= 11 is 0. The van der Waals surface area contributed by atoms with Crippen LogP contribution in [-0.4, -0.2) is 73.4 Å². The van der Waals surface area contributed by atoms with Crippen LogP contribution in [-0.2, 0) is 11.8 Å². The van der Waals surface area contributed by atoms with Crippen LogP contribution < -0.4 is 10.6 Å². The highest BCUT2D eigenvalue weighted by Crippen LogP contribution is 2.26. The van der Waals surface area contributed by atoms with Crippen molar-refractivity contribution < 1.29 is 4.74 Å². The van der Waals surface area contributed by atoms with Gasteiger partial charge < -0.3 is 14.6 Å². The molecule has 1 aliphatic rings. The Morgan fingerprint density at radius 2 is 1.74 bits per heavy atom. The summed E-state index contributed by atoms with van der Waals surface area (Å²) in [6.07, 6.45) is 1.79. The van der Waals surface area contributed by atoms with Crippen LogP contribution in [0.4, 0.5) is 17.7 Å². The zero-order valence-electron chi connectivity index (χ0n) is 19.6. The number of ether oxygens (including phenoxy) is 1. The van der Waals surface area contributed by atoms with Gasteiger partial charge in [0.15, 0.2) is 17.0 Å². The van der Waals surface area contributed by atoms with Gasteiger partial charge in [-0.25, -0.2) is 9.97 Å². The second kappa shape index (κ2) is 9.32. The van der Waals surface area contributed by atoms with Crippen molar-refractivity contribution in [1.29, 1.82) is 0 Å². The fourth-order valence-electron chi connectivity index (χ4n) is 4.37. The van der Waals surface area contributed by atoms with E-state index < -0.39 is 0 Å². The van der Waals surface area contributed by atoms with Crippen molar-refractivity contribution >= 4 is 39.9 Å². The number of para-hydroxylation sites is 3. The van der Waals surface area contributed by atoms with E-state index in [0.29, 0.717) is 17.7 Å². The molecule has 0 radical (unpaired) electrons. The molecule has 5 aromatic rings. The number of benzene rings is 2. The van der Waals surface area contributed by atoms with Gasteiger partial charge in [0.2, 0.25) is 11.9 Å². The summed E-state index contributed by atoms with van der Waals surface area (Å²) in [5, 5.41) is 6.81. The first-order valence-corrected chi connectivity index (χ1v) is 11.8. The minimum absolute atomic E-state index is 0.461. The molecule has 10 heteroatoms. The molecule has 0 saturated carbocycles. The van der Waals surface area contributed by atoms with E-state index in [-0.39, 0.29) is 0 Å². The standard InChI is InChI=1S/C25H27N9O/c1-32-20-10-6-5-9-19(20)28-25(32)31-24-29-22(26-11-12-33-13-15-35-16-14-33)21-23(30-24)34(17-27-21)18-7-3-2-4-8-18/h2-10,17H,11-16H2,1H3,(H2,26,28,29,30,31). The molecule has 35 heavy (non-hydrogen) atoms. The van der Waals surface area contributed by atoms with Crippen LogP contribution in [0.5, 0.6) is 0 Å². The van der Waals surface area contributed by atoms with Gasteiger partial charge in [0.25, 0.3) is 0 Å². The molecule has 0 atom stereocenters. The SMILES string of the molecule is Cn1c(Nc2nc(NCCN3CCOCC3)c3ncn(-c4ccccc4)c3n2)nc2ccccc21. The van der Waals surface area contributed by atoms with Gasteiger partial charge in [-0.05, 0) is 24.3 Å². The molecule has 178 valence electrons. The molecule has 2 aromatic carbocycles. The van der Waals surface area contributed by atoms with Gasteiger partial charge in [-0.2, -0.15) is 9.97 Å². The molecule has 3 aromatic heterocycles. The number of nitrogens with zero attached hydrogens (tertiary/aromatic N) is 7. The zero-order chi connectivity index (χ0) is 23.6. The predicted octanol–water partition coefficient (Wildman–Crippen LogP) is 3.19. The Bertz CT molecular complexity index is 1450. The number of rotatable bonds is 7. The molecule has 1 aliphatic heterocycles. The van der Waals surface area contributed by atoms with Gasteiger partial charge in [-0.15, -0.1) is 0 Å². The van der Waals surface area contributed by atoms with Crippen LogP contribution in [0, 0.1) is 0 Å². The Morgan fingerprint density at radius 3 is 2.57 bits per heavy atom. The first-order valence-electron chi connectivity index (χ1n) is 11.8. The lowest BCUT2D eigenvalue weighted by molar-refractivity contribution is 0.0398. The Hall–Kier alpha value is -4.02. The summed E-state index contributed by atoms with van der Waals surface area (Å²) in [6, 6.07) is 18.1. The third-order valence-corrected chi connectivity index (χ3v) is 6.27. The molecule has 0 aliphatic carbocycles. The highest BCUT2D eigenvalue weighted by Gasteiger charge is 2.17. The van der Waals surface area contributed by atoms with Crippen LogP contribution in [0.3, 0.4) is 0 Å². The van der Waals surface area contributed by atoms with Crippen molar-refractivity contribution in [3.63, 3.8) is 0 Å². The molecule has 1 saturated heterocycles. The van der Waals surface area contributed by atoms with Crippen LogP contribution in [0.2, 0.25) is 0 Å². The lowest BCUT2D eigenvalue weighted by atomic mass is 10.3. The molecule has 0 amide bonds. The molecule has 2 N–H and O–H groups in total. The number of anilines is 3. The number of fused-ring (bicyclic) bond motifs is 2. The first-order chi connectivity index (χ1) is 17.3. The second-order valence-corrected chi connectivity index (χ2v) is 8.51. The molecular formula is C25H27N9O. The summed E-state index contributed by atoms with van der Waals surface area (Å²) in [4.78, 5) is 21.4. The molecule has 0 spiro atoms. The van der Waals surface area contributed by atoms with E-state index in [0.717, 1.165) is 67.3 Å². The summed E-state index contributed by atoms with van der Waals surface area (Å²) in [5.41, 5.74) is 4.39. The smallest absolute Gasteiger partial charge is 0.233 e. The van der Waals surface area contributed by atoms with E-state index in [4.69, 9.17) is 19.7 Å². The van der Waals surface area contributed by atoms with E-state index in [9.17, 15) is 0 Å². The largest absolute Gasteiger partial charge is 0.379 e. The van der Waals surface area contributed by atoms with Gasteiger partial charge in [0, 0.05) is 38.9 Å². The van der Waals surface area contributed by atoms with Gasteiger partial charge in [0.05, 0.1) is 24.2 Å². The lowest BCUT2D eigenvalue weighted by Gasteiger charge is -2.26. The van der Waals surface area contributed by atoms with Gasteiger partial charge in [-0.1, -0.05) is 30.3 Å². The van der Waals surface area contributed by atoms with E-state index in [1.54, 1.807) is 6.33 Å². The topological polar surface area (TPSA) is 98.0 Å². The number of nitrogens with one attached hydrogen (secondary N) is 2. The number of hydrogen-bond acceptors (Lipinski definition) is 8. The van der Waals surface area contributed by atoms with Crippen LogP contribution in [0.1, 0.15) is 0 Å². The fraction of sp³-hybridized carbons (Fsp3) is 0.280. The van der Waals surface area contributed by atoms with Crippen LogP contribution >= 0.6 is 0 Å². The van der Waals surface area contributed by atoms with Crippen molar-refractivity contribution in [2.24, 2.45) is 7.05 Å². The van der Waals surface area contributed by atoms with E-state index in [1.807, 2.05) is 70.8 Å². The summed E-state index contributed by atoms with van der Waals surface area (Å²) in [6.45, 7) is 5.11. The number of aromatic nitrogens is 6. The predicted molar refractivity (Wildman–Crippen MR) is 136 cm³/mol. The molecule has 4 heterocycles. The number of morpholine rings is 1. The molecule has 0 unspecified atom stereocenters. The summed E-state index contributed by atoms with van der Waals surface area (Å²) in [5.74, 6) is 1.83. The minimum Gasteiger partial charge on any atom is -0.379 e. The molecule has 0 bridgehead atoms. The highest BCUT2D eigenvalue weighted by molar-refractivity contribution is 5.86. The van der Waals surface area contributed by atoms with Crippen molar-refractivity contribution in [2.75, 3.05) is 50.0 Å². The van der Waals surface area contributed by atoms with Crippen LogP contribution in [0.15, 0.2) is 60.9 Å². The monoisotopic (exact) mass is 469 g/mol. The third kappa shape index (κ3) is 4.29. The molecule has 1 fully saturated rings. The number of hydrogen-bond donors (Lipinski definition) is 2. The summed E-state index contributed by atoms with van der Waals surface area (Å²) < 4.78 is 9.44. The van der Waals surface area contributed by atoms with Crippen LogP contribution in [0.25, 0.3) is 27.9 Å². The van der Waals surface area contributed by atoms with Crippen molar-refractivity contribution in [1.82, 2.24) is 34.0 Å². The molecule has 6 rings (SSSR count). The second-order valence-electron chi connectivity index (χ2n) is 8.51. The van der Waals surface area contributed by atoms with Crippen molar-refractivity contribution in [2.45, 2.75) is 0 Å². The van der Waals surface area contributed by atoms with E-state index in [1.165, 1.54) is 0 Å². The Balaban J connectivity index is 1.35. The maximum atomic E-state index is 5.46. The average molecular weight is 470 g/mol. The minimum atomic E-state index is 0.461. The fourth-order valence-corrected chi connectivity index (χ4v) is 4.37. The quantitative estimate of drug-likeness (QED) is 0.375. The third-order valence-electron chi connectivity index (χ3n) is 6.27. The lowest BCUT2D eigenvalue weighted by Crippen LogP contribution is -2.39. The Kier molecular flexibility index (Phi) is 5.73. The Morgan fingerprint density at radius 1 is 0.943 bits per heavy atom. The normalized spacial score (nSPS) is 14.5. The number of imidazole rings is 2. The first kappa shape index (κ1) is 21.5. The summed E-state index contributed by atoms with van der Waals surface area (Å²) in [7, 11) is 1.98. The van der Waals surface area contributed by atoms with Crippen molar-refractivity contribution in [3.05, 3.63) is 60.9 Å². The number of aryl methyl sites for hydroxylation is 1. The average Bonchev–Trinajstić information content (AvgIpc) is 3.47. The zero-order valence-corrected chi connectivity index (χ0v) is 19.6. The highest BCUT2D eigenvalue weighted by atomic mass is 16.5. The molecule has 10 nitrogen and oxygen atoms in total. The van der Waals surface area contributed by atoms with Crippen molar-refractivity contribution in [3.8, 4) is 5.69 Å². The van der Waals surface area contributed by atoms with Gasteiger partial charge >= 0.3 is 0 Å².